The van der Waals surface area contributed by atoms with Crippen LogP contribution in [0.1, 0.15) is 31.9 Å². The maximum atomic E-state index is 12.8. The zero-order chi connectivity index (χ0) is 17.3. The molecule has 0 N–H and O–H groups in total. The summed E-state index contributed by atoms with van der Waals surface area (Å²) in [7, 11) is 0. The number of ether oxygens (including phenoxy) is 1. The van der Waals surface area contributed by atoms with Crippen molar-refractivity contribution in [1.82, 2.24) is 0 Å². The highest BCUT2D eigenvalue weighted by Gasteiger charge is 2.37. The smallest absolute Gasteiger partial charge is 0.271 e. The van der Waals surface area contributed by atoms with Crippen molar-refractivity contribution < 1.29 is 14.5 Å². The molecule has 0 saturated heterocycles. The topological polar surface area (TPSA) is 72.7 Å². The first-order valence-electron chi connectivity index (χ1n) is 7.86. The molecule has 6 heteroatoms. The van der Waals surface area contributed by atoms with E-state index in [2.05, 4.69) is 0 Å². The summed E-state index contributed by atoms with van der Waals surface area (Å²) in [6.07, 6.45) is -0.0436. The number of fused-ring (bicyclic) bond motifs is 1. The van der Waals surface area contributed by atoms with Gasteiger partial charge in [0.15, 0.2) is 6.10 Å². The van der Waals surface area contributed by atoms with Crippen LogP contribution in [-0.4, -0.2) is 16.9 Å². The molecule has 0 radical (unpaired) electrons. The summed E-state index contributed by atoms with van der Waals surface area (Å²) >= 11 is 0. The normalized spacial score (nSPS) is 17.8. The van der Waals surface area contributed by atoms with Gasteiger partial charge >= 0.3 is 0 Å². The van der Waals surface area contributed by atoms with Crippen LogP contribution in [0.25, 0.3) is 0 Å². The molecule has 2 aromatic rings. The van der Waals surface area contributed by atoms with Crippen molar-refractivity contribution in [2.24, 2.45) is 0 Å². The number of benzene rings is 2. The molecule has 0 saturated carbocycles. The van der Waals surface area contributed by atoms with Gasteiger partial charge in [-0.15, -0.1) is 0 Å². The lowest BCUT2D eigenvalue weighted by molar-refractivity contribution is -0.384. The third kappa shape index (κ3) is 2.71. The van der Waals surface area contributed by atoms with Gasteiger partial charge in [0.2, 0.25) is 0 Å². The van der Waals surface area contributed by atoms with E-state index in [1.54, 1.807) is 11.0 Å². The molecule has 6 nitrogen and oxygen atoms in total. The molecule has 1 amide bonds. The Morgan fingerprint density at radius 2 is 1.96 bits per heavy atom. The first-order valence-corrected chi connectivity index (χ1v) is 7.86. The van der Waals surface area contributed by atoms with Crippen LogP contribution in [-0.2, 0) is 4.79 Å². The third-order valence-corrected chi connectivity index (χ3v) is 4.24. The van der Waals surface area contributed by atoms with Crippen molar-refractivity contribution >= 4 is 17.3 Å². The SMILES string of the molecule is CCC1Oc2ccc([N+](=O)[O-])cc2N(C(C)c2ccccc2)C1=O. The number of nitro groups is 1. The van der Waals surface area contributed by atoms with Gasteiger partial charge in [-0.05, 0) is 25.0 Å². The number of nitrogens with zero attached hydrogens (tertiary/aromatic N) is 2. The number of carbonyl (C=O) groups excluding carboxylic acids is 1. The van der Waals surface area contributed by atoms with Crippen LogP contribution in [0.2, 0.25) is 0 Å². The number of carbonyl (C=O) groups is 1. The summed E-state index contributed by atoms with van der Waals surface area (Å²) in [5.74, 6) is 0.316. The molecule has 0 fully saturated rings. The Balaban J connectivity index is 2.11. The van der Waals surface area contributed by atoms with Crippen LogP contribution in [0.3, 0.4) is 0 Å². The molecule has 0 aromatic heterocycles. The highest BCUT2D eigenvalue weighted by atomic mass is 16.6. The van der Waals surface area contributed by atoms with Crippen molar-refractivity contribution in [3.8, 4) is 5.75 Å². The van der Waals surface area contributed by atoms with Crippen molar-refractivity contribution in [3.05, 3.63) is 64.2 Å². The highest BCUT2D eigenvalue weighted by Crippen LogP contribution is 2.41. The molecule has 2 unspecified atom stereocenters. The zero-order valence-electron chi connectivity index (χ0n) is 13.5. The van der Waals surface area contributed by atoms with Gasteiger partial charge in [-0.25, -0.2) is 0 Å². The Morgan fingerprint density at radius 1 is 1.25 bits per heavy atom. The molecule has 2 atom stereocenters. The van der Waals surface area contributed by atoms with Crippen LogP contribution in [0, 0.1) is 10.1 Å². The monoisotopic (exact) mass is 326 g/mol. The van der Waals surface area contributed by atoms with Crippen molar-refractivity contribution in [3.63, 3.8) is 0 Å². The zero-order valence-corrected chi connectivity index (χ0v) is 13.5. The maximum Gasteiger partial charge on any atom is 0.271 e. The first kappa shape index (κ1) is 16.0. The van der Waals surface area contributed by atoms with Crippen LogP contribution in [0.5, 0.6) is 5.75 Å². The summed E-state index contributed by atoms with van der Waals surface area (Å²) < 4.78 is 5.73. The Bertz CT molecular complexity index is 776. The lowest BCUT2D eigenvalue weighted by Crippen LogP contribution is -2.46. The Morgan fingerprint density at radius 3 is 2.58 bits per heavy atom. The molecule has 124 valence electrons. The molecular weight excluding hydrogens is 308 g/mol. The fraction of sp³-hybridized carbons (Fsp3) is 0.278. The second-order valence-electron chi connectivity index (χ2n) is 5.72. The van der Waals surface area contributed by atoms with E-state index in [1.165, 1.54) is 12.1 Å². The number of hydrogen-bond acceptors (Lipinski definition) is 4. The second-order valence-corrected chi connectivity index (χ2v) is 5.72. The molecule has 0 aliphatic carbocycles. The van der Waals surface area contributed by atoms with Crippen LogP contribution >= 0.6 is 0 Å². The number of hydrogen-bond donors (Lipinski definition) is 0. The molecule has 3 rings (SSSR count). The minimum absolute atomic E-state index is 0.0645. The van der Waals surface area contributed by atoms with Crippen LogP contribution < -0.4 is 9.64 Å². The lowest BCUT2D eigenvalue weighted by Gasteiger charge is -2.37. The molecular formula is C18H18N2O4. The van der Waals surface area contributed by atoms with Crippen molar-refractivity contribution in [1.29, 1.82) is 0 Å². The van der Waals surface area contributed by atoms with Crippen LogP contribution in [0.15, 0.2) is 48.5 Å². The first-order chi connectivity index (χ1) is 11.5. The van der Waals surface area contributed by atoms with E-state index >= 15 is 0 Å². The van der Waals surface area contributed by atoms with Gasteiger partial charge in [-0.1, -0.05) is 37.3 Å². The predicted octanol–water partition coefficient (Wildman–Crippen LogP) is 3.86. The molecule has 0 spiro atoms. The fourth-order valence-corrected chi connectivity index (χ4v) is 2.92. The van der Waals surface area contributed by atoms with Gasteiger partial charge in [0.25, 0.3) is 11.6 Å². The van der Waals surface area contributed by atoms with E-state index in [4.69, 9.17) is 4.74 Å². The maximum absolute atomic E-state index is 12.8. The van der Waals surface area contributed by atoms with Gasteiger partial charge in [0, 0.05) is 12.1 Å². The molecule has 2 aromatic carbocycles. The molecule has 24 heavy (non-hydrogen) atoms. The average molecular weight is 326 g/mol. The van der Waals surface area contributed by atoms with E-state index in [1.807, 2.05) is 44.2 Å². The Kier molecular flexibility index (Phi) is 4.20. The number of non-ortho nitro benzene ring substituents is 1. The van der Waals surface area contributed by atoms with E-state index in [-0.39, 0.29) is 17.6 Å². The van der Waals surface area contributed by atoms with E-state index in [0.29, 0.717) is 17.9 Å². The van der Waals surface area contributed by atoms with Crippen molar-refractivity contribution in [2.75, 3.05) is 4.90 Å². The minimum atomic E-state index is -0.579. The van der Waals surface area contributed by atoms with Crippen molar-refractivity contribution in [2.45, 2.75) is 32.4 Å². The standard InChI is InChI=1S/C18H18N2O4/c1-3-16-18(21)19(12(2)13-7-5-4-6-8-13)15-11-14(20(22)23)9-10-17(15)24-16/h4-12,16H,3H2,1-2H3. The Labute approximate surface area is 139 Å². The summed E-state index contributed by atoms with van der Waals surface area (Å²) in [6, 6.07) is 13.7. The summed E-state index contributed by atoms with van der Waals surface area (Å²) in [5.41, 5.74) is 1.33. The number of rotatable bonds is 4. The van der Waals surface area contributed by atoms with Gasteiger partial charge in [-0.3, -0.25) is 19.8 Å². The summed E-state index contributed by atoms with van der Waals surface area (Å²) in [6.45, 7) is 3.79. The van der Waals surface area contributed by atoms with E-state index in [0.717, 1.165) is 5.56 Å². The van der Waals surface area contributed by atoms with Gasteiger partial charge in [0.1, 0.15) is 5.75 Å². The van der Waals surface area contributed by atoms with Gasteiger partial charge in [0.05, 0.1) is 16.7 Å². The predicted molar refractivity (Wildman–Crippen MR) is 90.1 cm³/mol. The minimum Gasteiger partial charge on any atom is -0.478 e. The van der Waals surface area contributed by atoms with E-state index in [9.17, 15) is 14.9 Å². The highest BCUT2D eigenvalue weighted by molar-refractivity contribution is 6.01. The molecule has 1 aliphatic rings. The summed E-state index contributed by atoms with van der Waals surface area (Å²) in [5, 5.41) is 11.1. The Hall–Kier alpha value is -2.89. The van der Waals surface area contributed by atoms with Crippen LogP contribution in [0.4, 0.5) is 11.4 Å². The number of anilines is 1. The lowest BCUT2D eigenvalue weighted by atomic mass is 10.0. The third-order valence-electron chi connectivity index (χ3n) is 4.24. The largest absolute Gasteiger partial charge is 0.478 e. The number of nitro benzene ring substituents is 1. The molecule has 0 bridgehead atoms. The van der Waals surface area contributed by atoms with E-state index < -0.39 is 11.0 Å². The van der Waals surface area contributed by atoms with Gasteiger partial charge in [-0.2, -0.15) is 0 Å². The fourth-order valence-electron chi connectivity index (χ4n) is 2.92. The average Bonchev–Trinajstić information content (AvgIpc) is 2.61. The second kappa shape index (κ2) is 6.31. The molecule has 1 aliphatic heterocycles. The summed E-state index contributed by atoms with van der Waals surface area (Å²) in [4.78, 5) is 25.1. The quantitative estimate of drug-likeness (QED) is 0.632. The van der Waals surface area contributed by atoms with Gasteiger partial charge < -0.3 is 4.74 Å². The number of amides is 1. The molecule has 1 heterocycles.